The molecule has 1 aromatic heterocycles. The molecular weight excluding hydrogens is 226 g/mol. The third-order valence-corrected chi connectivity index (χ3v) is 2.93. The van der Waals surface area contributed by atoms with E-state index in [9.17, 15) is 4.79 Å². The Balaban J connectivity index is 1.80. The Morgan fingerprint density at radius 1 is 1.50 bits per heavy atom. The third kappa shape index (κ3) is 3.77. The lowest BCUT2D eigenvalue weighted by atomic mass is 10.2. The zero-order chi connectivity index (χ0) is 12.8. The molecule has 1 amide bonds. The van der Waals surface area contributed by atoms with Gasteiger partial charge in [0.2, 0.25) is 0 Å². The lowest BCUT2D eigenvalue weighted by Gasteiger charge is -2.06. The third-order valence-electron chi connectivity index (χ3n) is 2.93. The summed E-state index contributed by atoms with van der Waals surface area (Å²) in [5, 5.41) is 5.85. The number of terminal acetylenes is 1. The van der Waals surface area contributed by atoms with Gasteiger partial charge < -0.3 is 10.6 Å². The maximum absolute atomic E-state index is 11.6. The molecule has 1 heterocycles. The van der Waals surface area contributed by atoms with Crippen LogP contribution in [0.4, 0.5) is 5.82 Å². The fourth-order valence-electron chi connectivity index (χ4n) is 1.68. The largest absolute Gasteiger partial charge is 0.370 e. The van der Waals surface area contributed by atoms with Crippen LogP contribution in [0.25, 0.3) is 0 Å². The zero-order valence-corrected chi connectivity index (χ0v) is 10.3. The van der Waals surface area contributed by atoms with Crippen molar-refractivity contribution in [3.8, 4) is 12.3 Å². The second-order valence-corrected chi connectivity index (χ2v) is 4.48. The van der Waals surface area contributed by atoms with E-state index in [4.69, 9.17) is 6.42 Å². The molecule has 4 heteroatoms. The lowest BCUT2D eigenvalue weighted by molar-refractivity contribution is 0.0958. The van der Waals surface area contributed by atoms with Crippen LogP contribution >= 0.6 is 0 Å². The van der Waals surface area contributed by atoms with Crippen molar-refractivity contribution >= 4 is 11.7 Å². The van der Waals surface area contributed by atoms with E-state index in [2.05, 4.69) is 21.5 Å². The molecule has 1 saturated carbocycles. The Morgan fingerprint density at radius 2 is 2.33 bits per heavy atom. The van der Waals surface area contributed by atoms with E-state index in [1.807, 2.05) is 6.07 Å². The van der Waals surface area contributed by atoms with Gasteiger partial charge in [-0.25, -0.2) is 4.98 Å². The number of nitrogens with one attached hydrogen (secondary N) is 2. The van der Waals surface area contributed by atoms with E-state index in [1.165, 1.54) is 19.3 Å². The van der Waals surface area contributed by atoms with Crippen molar-refractivity contribution < 1.29 is 4.79 Å². The molecule has 0 atom stereocenters. The van der Waals surface area contributed by atoms with Gasteiger partial charge in [-0.05, 0) is 24.5 Å². The number of rotatable bonds is 6. The van der Waals surface area contributed by atoms with Gasteiger partial charge in [0.05, 0.1) is 12.1 Å². The van der Waals surface area contributed by atoms with Crippen LogP contribution in [0.3, 0.4) is 0 Å². The smallest absolute Gasteiger partial charge is 0.253 e. The molecule has 0 radical (unpaired) electrons. The Hall–Kier alpha value is -2.02. The highest BCUT2D eigenvalue weighted by Crippen LogP contribution is 2.31. The summed E-state index contributed by atoms with van der Waals surface area (Å²) in [4.78, 5) is 15.8. The van der Waals surface area contributed by atoms with Gasteiger partial charge in [0.15, 0.2) is 0 Å². The summed E-state index contributed by atoms with van der Waals surface area (Å²) in [5.41, 5.74) is 0.526. The van der Waals surface area contributed by atoms with Gasteiger partial charge in [0.1, 0.15) is 5.82 Å². The fourth-order valence-corrected chi connectivity index (χ4v) is 1.68. The van der Waals surface area contributed by atoms with E-state index in [0.717, 1.165) is 18.3 Å². The molecular formula is C14H17N3O. The molecule has 18 heavy (non-hydrogen) atoms. The summed E-state index contributed by atoms with van der Waals surface area (Å²) in [6.45, 7) is 1.18. The molecule has 1 aliphatic rings. The van der Waals surface area contributed by atoms with Crippen LogP contribution < -0.4 is 10.6 Å². The predicted octanol–water partition coefficient (Wildman–Crippen LogP) is 1.66. The van der Waals surface area contributed by atoms with E-state index in [1.54, 1.807) is 12.3 Å². The number of hydrogen-bond donors (Lipinski definition) is 2. The molecule has 0 saturated heterocycles. The standard InChI is InChI=1S/C14H17N3O/c1-2-8-16-14(18)12-5-6-13(17-10-12)15-9-7-11-3-4-11/h1,5-6,10-11H,3-4,7-9H2,(H,15,17)(H,16,18). The maximum atomic E-state index is 11.6. The summed E-state index contributed by atoms with van der Waals surface area (Å²) in [7, 11) is 0. The summed E-state index contributed by atoms with van der Waals surface area (Å²) >= 11 is 0. The van der Waals surface area contributed by atoms with Crippen molar-refractivity contribution in [1.82, 2.24) is 10.3 Å². The normalized spacial score (nSPS) is 13.7. The Labute approximate surface area is 107 Å². The Morgan fingerprint density at radius 3 is 2.94 bits per heavy atom. The first-order valence-corrected chi connectivity index (χ1v) is 6.21. The van der Waals surface area contributed by atoms with Crippen LogP contribution in [0.5, 0.6) is 0 Å². The highest BCUT2D eigenvalue weighted by atomic mass is 16.1. The number of carbonyl (C=O) groups excluding carboxylic acids is 1. The molecule has 0 aliphatic heterocycles. The number of aromatic nitrogens is 1. The predicted molar refractivity (Wildman–Crippen MR) is 71.2 cm³/mol. The zero-order valence-electron chi connectivity index (χ0n) is 10.3. The molecule has 0 bridgehead atoms. The molecule has 0 aromatic carbocycles. The highest BCUT2D eigenvalue weighted by molar-refractivity contribution is 5.94. The van der Waals surface area contributed by atoms with E-state index in [0.29, 0.717) is 5.56 Å². The van der Waals surface area contributed by atoms with Crippen LogP contribution in [-0.2, 0) is 0 Å². The molecule has 1 aromatic rings. The van der Waals surface area contributed by atoms with Gasteiger partial charge in [0, 0.05) is 12.7 Å². The van der Waals surface area contributed by atoms with Gasteiger partial charge in [-0.2, -0.15) is 0 Å². The van der Waals surface area contributed by atoms with Gasteiger partial charge in [-0.3, -0.25) is 4.79 Å². The van der Waals surface area contributed by atoms with Crippen molar-refractivity contribution in [3.63, 3.8) is 0 Å². The van der Waals surface area contributed by atoms with Crippen molar-refractivity contribution in [3.05, 3.63) is 23.9 Å². The van der Waals surface area contributed by atoms with Crippen molar-refractivity contribution in [2.45, 2.75) is 19.3 Å². The second kappa shape index (κ2) is 6.06. The fraction of sp³-hybridized carbons (Fsp3) is 0.429. The lowest BCUT2D eigenvalue weighted by Crippen LogP contribution is -2.23. The van der Waals surface area contributed by atoms with Crippen LogP contribution in [0.15, 0.2) is 18.3 Å². The number of amides is 1. The second-order valence-electron chi connectivity index (χ2n) is 4.48. The first-order valence-electron chi connectivity index (χ1n) is 6.21. The van der Waals surface area contributed by atoms with Crippen LogP contribution in [-0.4, -0.2) is 24.0 Å². The minimum Gasteiger partial charge on any atom is -0.370 e. The summed E-state index contributed by atoms with van der Waals surface area (Å²) in [6, 6.07) is 3.57. The molecule has 2 N–H and O–H groups in total. The molecule has 4 nitrogen and oxygen atoms in total. The number of pyridine rings is 1. The van der Waals surface area contributed by atoms with Crippen LogP contribution in [0.2, 0.25) is 0 Å². The number of carbonyl (C=O) groups is 1. The van der Waals surface area contributed by atoms with Crippen molar-refractivity contribution in [1.29, 1.82) is 0 Å². The van der Waals surface area contributed by atoms with E-state index >= 15 is 0 Å². The molecule has 0 unspecified atom stereocenters. The minimum atomic E-state index is -0.190. The highest BCUT2D eigenvalue weighted by Gasteiger charge is 2.20. The van der Waals surface area contributed by atoms with Gasteiger partial charge in [-0.1, -0.05) is 18.8 Å². The molecule has 94 valence electrons. The first-order chi connectivity index (χ1) is 8.79. The van der Waals surface area contributed by atoms with Gasteiger partial charge in [0.25, 0.3) is 5.91 Å². The van der Waals surface area contributed by atoms with Crippen molar-refractivity contribution in [2.75, 3.05) is 18.4 Å². The molecule has 1 aliphatic carbocycles. The number of hydrogen-bond acceptors (Lipinski definition) is 3. The average molecular weight is 243 g/mol. The monoisotopic (exact) mass is 243 g/mol. The molecule has 0 spiro atoms. The Bertz CT molecular complexity index is 443. The topological polar surface area (TPSA) is 54.0 Å². The minimum absolute atomic E-state index is 0.190. The van der Waals surface area contributed by atoms with Crippen molar-refractivity contribution in [2.24, 2.45) is 5.92 Å². The number of nitrogens with zero attached hydrogens (tertiary/aromatic N) is 1. The average Bonchev–Trinajstić information content (AvgIpc) is 3.21. The summed E-state index contributed by atoms with van der Waals surface area (Å²) in [6.07, 6.45) is 10.6. The maximum Gasteiger partial charge on any atom is 0.253 e. The summed E-state index contributed by atoms with van der Waals surface area (Å²) < 4.78 is 0. The van der Waals surface area contributed by atoms with Crippen LogP contribution in [0.1, 0.15) is 29.6 Å². The van der Waals surface area contributed by atoms with E-state index in [-0.39, 0.29) is 12.5 Å². The van der Waals surface area contributed by atoms with Crippen LogP contribution in [0, 0.1) is 18.3 Å². The van der Waals surface area contributed by atoms with Gasteiger partial charge in [-0.15, -0.1) is 6.42 Å². The SMILES string of the molecule is C#CCNC(=O)c1ccc(NCCC2CC2)nc1. The molecule has 2 rings (SSSR count). The molecule has 1 fully saturated rings. The summed E-state index contributed by atoms with van der Waals surface area (Å²) in [5.74, 6) is 3.89. The quantitative estimate of drug-likeness (QED) is 0.747. The Kier molecular flexibility index (Phi) is 4.19. The van der Waals surface area contributed by atoms with Gasteiger partial charge >= 0.3 is 0 Å². The first kappa shape index (κ1) is 12.4. The number of anilines is 1. The van der Waals surface area contributed by atoms with E-state index < -0.39 is 0 Å².